The number of carbonyl (C=O) groups excluding carboxylic acids is 2. The largest absolute Gasteiger partial charge is 0.478 e. The van der Waals surface area contributed by atoms with E-state index in [9.17, 15) is 14.4 Å². The summed E-state index contributed by atoms with van der Waals surface area (Å²) in [5.74, 6) is -2.14. The number of aliphatic carboxylic acids is 1. The van der Waals surface area contributed by atoms with Gasteiger partial charge in [0.1, 0.15) is 0 Å². The Morgan fingerprint density at radius 1 is 1.54 bits per heavy atom. The molecule has 6 heteroatoms. The van der Waals surface area contributed by atoms with Gasteiger partial charge < -0.3 is 9.84 Å². The zero-order chi connectivity index (χ0) is 10.3. The van der Waals surface area contributed by atoms with Crippen molar-refractivity contribution < 1.29 is 24.2 Å². The van der Waals surface area contributed by atoms with Crippen molar-refractivity contribution in [2.45, 2.75) is 13.2 Å². The quantitative estimate of drug-likeness (QED) is 0.284. The van der Waals surface area contributed by atoms with Crippen molar-refractivity contribution in [3.05, 3.63) is 12.2 Å². The van der Waals surface area contributed by atoms with Gasteiger partial charge in [-0.25, -0.2) is 14.4 Å². The van der Waals surface area contributed by atoms with Crippen molar-refractivity contribution >= 4 is 18.0 Å². The lowest BCUT2D eigenvalue weighted by Crippen LogP contribution is -2.10. The summed E-state index contributed by atoms with van der Waals surface area (Å²) in [7, 11) is 0. The van der Waals surface area contributed by atoms with Crippen LogP contribution in [0, 0.1) is 0 Å². The van der Waals surface area contributed by atoms with Crippen LogP contribution in [0.1, 0.15) is 6.92 Å². The molecule has 0 saturated carbocycles. The number of esters is 1. The van der Waals surface area contributed by atoms with Crippen molar-refractivity contribution in [1.82, 2.24) is 0 Å². The summed E-state index contributed by atoms with van der Waals surface area (Å²) >= 11 is 0. The Morgan fingerprint density at radius 3 is 2.62 bits per heavy atom. The van der Waals surface area contributed by atoms with E-state index < -0.39 is 18.2 Å². The molecule has 1 unspecified atom stereocenters. The summed E-state index contributed by atoms with van der Waals surface area (Å²) in [6.07, 6.45) is 1.59. The average Bonchev–Trinajstić information content (AvgIpc) is 2.01. The van der Waals surface area contributed by atoms with E-state index in [0.29, 0.717) is 6.08 Å². The first-order valence-electron chi connectivity index (χ1n) is 3.25. The number of isocyanates is 1. The normalized spacial score (nSPS) is 11.8. The lowest BCUT2D eigenvalue weighted by atomic mass is 10.5. The van der Waals surface area contributed by atoms with Gasteiger partial charge in [0, 0.05) is 12.2 Å². The third-order valence-corrected chi connectivity index (χ3v) is 0.883. The highest BCUT2D eigenvalue weighted by Crippen LogP contribution is 1.92. The Morgan fingerprint density at radius 2 is 2.15 bits per heavy atom. The fourth-order valence-electron chi connectivity index (χ4n) is 0.447. The maximum atomic E-state index is 10.7. The molecule has 0 aliphatic heterocycles. The molecule has 0 aliphatic carbocycles. The first kappa shape index (κ1) is 11.1. The highest BCUT2D eigenvalue weighted by molar-refractivity contribution is 5.90. The van der Waals surface area contributed by atoms with E-state index in [1.807, 2.05) is 0 Å². The lowest BCUT2D eigenvalue weighted by Gasteiger charge is -2.02. The average molecular weight is 185 g/mol. The zero-order valence-electron chi connectivity index (χ0n) is 6.76. The molecule has 70 valence electrons. The Labute approximate surface area is 73.5 Å². The molecule has 13 heavy (non-hydrogen) atoms. The summed E-state index contributed by atoms with van der Waals surface area (Å²) in [4.78, 5) is 33.3. The monoisotopic (exact) mass is 185 g/mol. The SMILES string of the molecule is CC(N=C=O)OC(=O)C=CC(=O)O. The Hall–Kier alpha value is -1.94. The molecule has 0 aromatic heterocycles. The van der Waals surface area contributed by atoms with Crippen LogP contribution < -0.4 is 0 Å². The third kappa shape index (κ3) is 6.46. The van der Waals surface area contributed by atoms with Crippen LogP contribution in [-0.2, 0) is 19.1 Å². The molecule has 0 spiro atoms. The second-order valence-electron chi connectivity index (χ2n) is 1.93. The van der Waals surface area contributed by atoms with Gasteiger partial charge in [-0.3, -0.25) is 0 Å². The molecule has 0 bridgehead atoms. The van der Waals surface area contributed by atoms with Gasteiger partial charge in [-0.05, 0) is 6.92 Å². The van der Waals surface area contributed by atoms with Crippen molar-refractivity contribution in [2.75, 3.05) is 0 Å². The molecule has 1 N–H and O–H groups in total. The van der Waals surface area contributed by atoms with Gasteiger partial charge >= 0.3 is 11.9 Å². The van der Waals surface area contributed by atoms with Gasteiger partial charge in [-0.15, -0.1) is 0 Å². The van der Waals surface area contributed by atoms with E-state index in [0.717, 1.165) is 6.08 Å². The Bertz CT molecular complexity index is 277. The predicted molar refractivity (Wildman–Crippen MR) is 40.5 cm³/mol. The van der Waals surface area contributed by atoms with E-state index >= 15 is 0 Å². The second kappa shape index (κ2) is 5.68. The van der Waals surface area contributed by atoms with Crippen molar-refractivity contribution in [2.24, 2.45) is 4.99 Å². The number of rotatable bonds is 4. The number of ether oxygens (including phenoxy) is 1. The van der Waals surface area contributed by atoms with Crippen molar-refractivity contribution in [1.29, 1.82) is 0 Å². The molecule has 0 aliphatic rings. The highest BCUT2D eigenvalue weighted by Gasteiger charge is 2.03. The molecule has 0 rings (SSSR count). The summed E-state index contributed by atoms with van der Waals surface area (Å²) in [5.41, 5.74) is 0. The van der Waals surface area contributed by atoms with E-state index in [-0.39, 0.29) is 0 Å². The van der Waals surface area contributed by atoms with Gasteiger partial charge in [0.05, 0.1) is 0 Å². The first-order chi connectivity index (χ1) is 6.06. The zero-order valence-corrected chi connectivity index (χ0v) is 6.76. The van der Waals surface area contributed by atoms with E-state index in [4.69, 9.17) is 5.11 Å². The summed E-state index contributed by atoms with van der Waals surface area (Å²) in [5, 5.41) is 8.12. The van der Waals surface area contributed by atoms with Crippen LogP contribution in [0.4, 0.5) is 0 Å². The molecule has 0 fully saturated rings. The van der Waals surface area contributed by atoms with Crippen LogP contribution in [-0.4, -0.2) is 29.4 Å². The number of hydrogen-bond acceptors (Lipinski definition) is 5. The summed E-state index contributed by atoms with van der Waals surface area (Å²) in [6, 6.07) is 0. The molecule has 1 atom stereocenters. The van der Waals surface area contributed by atoms with Gasteiger partial charge in [-0.1, -0.05) is 0 Å². The number of nitrogens with zero attached hydrogens (tertiary/aromatic N) is 1. The molecular formula is C7H7NO5. The highest BCUT2D eigenvalue weighted by atomic mass is 16.6. The number of carboxylic acids is 1. The van der Waals surface area contributed by atoms with Gasteiger partial charge in [0.25, 0.3) is 0 Å². The molecule has 0 aromatic carbocycles. The molecule has 0 radical (unpaired) electrons. The smallest absolute Gasteiger partial charge is 0.333 e. The Balaban J connectivity index is 4.01. The first-order valence-corrected chi connectivity index (χ1v) is 3.25. The fraction of sp³-hybridized carbons (Fsp3) is 0.286. The van der Waals surface area contributed by atoms with E-state index in [1.165, 1.54) is 13.0 Å². The van der Waals surface area contributed by atoms with Crippen LogP contribution in [0.2, 0.25) is 0 Å². The second-order valence-corrected chi connectivity index (χ2v) is 1.93. The van der Waals surface area contributed by atoms with Crippen LogP contribution >= 0.6 is 0 Å². The van der Waals surface area contributed by atoms with Crippen LogP contribution in [0.15, 0.2) is 17.1 Å². The van der Waals surface area contributed by atoms with E-state index in [2.05, 4.69) is 9.73 Å². The van der Waals surface area contributed by atoms with Crippen LogP contribution in [0.3, 0.4) is 0 Å². The molecule has 0 aromatic rings. The maximum absolute atomic E-state index is 10.7. The fourth-order valence-corrected chi connectivity index (χ4v) is 0.447. The van der Waals surface area contributed by atoms with Crippen molar-refractivity contribution in [3.63, 3.8) is 0 Å². The summed E-state index contributed by atoms with van der Waals surface area (Å²) < 4.78 is 4.42. The standard InChI is InChI=1S/C7H7NO5/c1-5(8-4-9)13-7(12)3-2-6(10)11/h2-3,5H,1H3,(H,10,11). The van der Waals surface area contributed by atoms with Gasteiger partial charge in [-0.2, -0.15) is 4.99 Å². The van der Waals surface area contributed by atoms with Gasteiger partial charge in [0.2, 0.25) is 12.3 Å². The van der Waals surface area contributed by atoms with Gasteiger partial charge in [0.15, 0.2) is 0 Å². The molecule has 0 heterocycles. The predicted octanol–water partition coefficient (Wildman–Crippen LogP) is -0.148. The molecule has 6 nitrogen and oxygen atoms in total. The number of carboxylic acid groups (broad SMARTS) is 1. The summed E-state index contributed by atoms with van der Waals surface area (Å²) in [6.45, 7) is 1.34. The third-order valence-electron chi connectivity index (χ3n) is 0.883. The minimum Gasteiger partial charge on any atom is -0.478 e. The minimum absolute atomic E-state index is 0.625. The molecule has 0 amide bonds. The topological polar surface area (TPSA) is 93.0 Å². The maximum Gasteiger partial charge on any atom is 0.333 e. The minimum atomic E-state index is -1.26. The van der Waals surface area contributed by atoms with Crippen LogP contribution in [0.25, 0.3) is 0 Å². The number of aliphatic imine (C=N–C) groups is 1. The van der Waals surface area contributed by atoms with E-state index in [1.54, 1.807) is 0 Å². The Kier molecular flexibility index (Phi) is 4.83. The number of hydrogen-bond donors (Lipinski definition) is 1. The molecule has 0 saturated heterocycles. The van der Waals surface area contributed by atoms with Crippen LogP contribution in [0.5, 0.6) is 0 Å². The lowest BCUT2D eigenvalue weighted by molar-refractivity contribution is -0.142. The van der Waals surface area contributed by atoms with Crippen molar-refractivity contribution in [3.8, 4) is 0 Å². The number of carbonyl (C=O) groups is 2. The molecular weight excluding hydrogens is 178 g/mol.